The number of ketones is 2. The van der Waals surface area contributed by atoms with Gasteiger partial charge in [0.05, 0.1) is 35.7 Å². The highest BCUT2D eigenvalue weighted by Gasteiger charge is 2.61. The Morgan fingerprint density at radius 1 is 0.662 bits per heavy atom. The molecule has 0 radical (unpaired) electrons. The molecule has 16 atom stereocenters. The normalized spacial score (nSPS) is 43.3. The van der Waals surface area contributed by atoms with E-state index in [1.54, 1.807) is 12.4 Å². The molecule has 10 heteroatoms. The molecule has 8 aliphatic carbocycles. The van der Waals surface area contributed by atoms with Gasteiger partial charge < -0.3 is 10.2 Å². The third kappa shape index (κ3) is 7.04. The summed E-state index contributed by atoms with van der Waals surface area (Å²) in [5, 5.41) is 32.9. The zero-order valence-corrected chi connectivity index (χ0v) is 39.4. The minimum atomic E-state index is -0.745. The second-order valence-corrected chi connectivity index (χ2v) is 24.4. The van der Waals surface area contributed by atoms with Crippen LogP contribution in [0, 0.1) is 81.8 Å². The van der Waals surface area contributed by atoms with Crippen LogP contribution in [0.4, 0.5) is 0 Å². The summed E-state index contributed by atoms with van der Waals surface area (Å²) in [5.74, 6) is 7.63. The standard InChI is InChI=1S/C55H74N6O4/c1-4-54(64)21-17-36-34(26-54)7-9-40-38(36)15-19-52(2)42(40)11-13-44(52)50(62)31-60-30-48-46(59-60)24-33(28-57-48)25-55(65)22-18-37-35(27-55)8-10-41-39(37)16-20-53(3)43(41)12-14-45(53)51(63)32-61-49-6-5-23-56-47(49)29-58-61/h5-6,23-24,28-30,34-45,64-65H,4,7-22,25-27,31-32H2,1-3H3. The second-order valence-electron chi connectivity index (χ2n) is 24.4. The van der Waals surface area contributed by atoms with Gasteiger partial charge >= 0.3 is 0 Å². The van der Waals surface area contributed by atoms with Crippen LogP contribution in [0.2, 0.25) is 0 Å². The predicted octanol–water partition coefficient (Wildman–Crippen LogP) is 9.97. The van der Waals surface area contributed by atoms with Gasteiger partial charge in [0.1, 0.15) is 23.1 Å². The molecular weight excluding hydrogens is 809 g/mol. The highest BCUT2D eigenvalue weighted by Crippen LogP contribution is 2.66. The summed E-state index contributed by atoms with van der Waals surface area (Å²) in [7, 11) is 0. The molecule has 0 bridgehead atoms. The average Bonchev–Trinajstić information content (AvgIpc) is 4.08. The molecule has 8 aliphatic rings. The Morgan fingerprint density at radius 2 is 1.28 bits per heavy atom. The van der Waals surface area contributed by atoms with Crippen molar-refractivity contribution in [3.8, 4) is 0 Å². The molecule has 0 spiro atoms. The zero-order chi connectivity index (χ0) is 44.5. The Labute approximate surface area is 385 Å². The van der Waals surface area contributed by atoms with Crippen LogP contribution in [0.1, 0.15) is 148 Å². The smallest absolute Gasteiger partial charge is 0.157 e. The van der Waals surface area contributed by atoms with Crippen molar-refractivity contribution in [2.75, 3.05) is 0 Å². The Bertz CT molecular complexity index is 2480. The zero-order valence-electron chi connectivity index (χ0n) is 39.4. The summed E-state index contributed by atoms with van der Waals surface area (Å²) in [4.78, 5) is 37.5. The third-order valence-corrected chi connectivity index (χ3v) is 21.7. The van der Waals surface area contributed by atoms with Gasteiger partial charge in [-0.2, -0.15) is 10.2 Å². The van der Waals surface area contributed by atoms with Crippen molar-refractivity contribution in [1.29, 1.82) is 0 Å². The lowest BCUT2D eigenvalue weighted by atomic mass is 9.48. The molecule has 2 N–H and O–H groups in total. The Morgan fingerprint density at radius 3 is 1.94 bits per heavy atom. The largest absolute Gasteiger partial charge is 0.390 e. The van der Waals surface area contributed by atoms with Crippen LogP contribution >= 0.6 is 0 Å². The highest BCUT2D eigenvalue weighted by molar-refractivity contribution is 5.84. The number of fused-ring (bicyclic) bond motifs is 12. The molecule has 0 aromatic carbocycles. The van der Waals surface area contributed by atoms with Crippen LogP contribution in [-0.4, -0.2) is 62.5 Å². The number of aliphatic hydroxyl groups is 2. The number of rotatable bonds is 9. The highest BCUT2D eigenvalue weighted by atomic mass is 16.3. The molecule has 0 saturated heterocycles. The van der Waals surface area contributed by atoms with Crippen LogP contribution in [0.3, 0.4) is 0 Å². The van der Waals surface area contributed by atoms with Gasteiger partial charge in [-0.15, -0.1) is 0 Å². The van der Waals surface area contributed by atoms with E-state index in [4.69, 9.17) is 10.1 Å². The molecule has 4 aromatic rings. The Hall–Kier alpha value is -3.50. The second kappa shape index (κ2) is 15.8. The minimum Gasteiger partial charge on any atom is -0.390 e. The lowest BCUT2D eigenvalue weighted by molar-refractivity contribution is -0.134. The van der Waals surface area contributed by atoms with Gasteiger partial charge in [0, 0.05) is 30.7 Å². The quantitative estimate of drug-likeness (QED) is 0.170. The van der Waals surface area contributed by atoms with Crippen molar-refractivity contribution in [3.05, 3.63) is 48.5 Å². The van der Waals surface area contributed by atoms with E-state index in [1.165, 1.54) is 51.4 Å². The van der Waals surface area contributed by atoms with Gasteiger partial charge in [-0.3, -0.25) is 28.9 Å². The Balaban J connectivity index is 0.663. The summed E-state index contributed by atoms with van der Waals surface area (Å²) in [6.45, 7) is 7.68. The van der Waals surface area contributed by atoms with Gasteiger partial charge in [0.2, 0.25) is 0 Å². The SMILES string of the molecule is CCC1(O)CCC2C(CCC3C2CCC2(C)C(C(=O)Cn4cc5ncc(CC6(O)CCC7C(CCC8C7CCC7(C)C(C(=O)Cn9ncc%10ncccc%109)CCC87)C6)cc5n4)CCC32)C1. The summed E-state index contributed by atoms with van der Waals surface area (Å²) in [6, 6.07) is 6.05. The maximum atomic E-state index is 14.3. The van der Waals surface area contributed by atoms with E-state index in [-0.39, 0.29) is 22.7 Å². The number of pyridine rings is 2. The van der Waals surface area contributed by atoms with Crippen LogP contribution in [-0.2, 0) is 29.1 Å². The number of hydrogen-bond donors (Lipinski definition) is 2. The van der Waals surface area contributed by atoms with Crippen molar-refractivity contribution in [3.63, 3.8) is 0 Å². The molecular formula is C55H74N6O4. The molecule has 8 saturated carbocycles. The molecule has 0 aliphatic heterocycles. The summed E-state index contributed by atoms with van der Waals surface area (Å²) in [5.41, 5.74) is 3.39. The predicted molar refractivity (Wildman–Crippen MR) is 250 cm³/mol. The summed E-state index contributed by atoms with van der Waals surface area (Å²) in [6.07, 6.45) is 28.8. The third-order valence-electron chi connectivity index (χ3n) is 21.7. The first-order chi connectivity index (χ1) is 31.3. The van der Waals surface area contributed by atoms with Gasteiger partial charge in [-0.1, -0.05) is 20.8 Å². The van der Waals surface area contributed by atoms with Crippen molar-refractivity contribution >= 4 is 33.6 Å². The van der Waals surface area contributed by atoms with Crippen LogP contribution in [0.25, 0.3) is 22.1 Å². The summed E-state index contributed by atoms with van der Waals surface area (Å²) < 4.78 is 3.71. The van der Waals surface area contributed by atoms with Gasteiger partial charge in [0.15, 0.2) is 11.6 Å². The van der Waals surface area contributed by atoms with E-state index in [9.17, 15) is 19.8 Å². The lowest BCUT2D eigenvalue weighted by Crippen LogP contribution is -2.52. The molecule has 4 heterocycles. The van der Waals surface area contributed by atoms with Crippen molar-refractivity contribution < 1.29 is 19.8 Å². The number of aromatic nitrogens is 6. The first-order valence-corrected chi connectivity index (χ1v) is 26.4. The maximum Gasteiger partial charge on any atom is 0.157 e. The van der Waals surface area contributed by atoms with E-state index < -0.39 is 11.2 Å². The minimum absolute atomic E-state index is 0.0598. The fourth-order valence-corrected chi connectivity index (χ4v) is 18.6. The molecule has 8 fully saturated rings. The fraction of sp³-hybridized carbons (Fsp3) is 0.745. The van der Waals surface area contributed by atoms with Gasteiger partial charge in [-0.25, -0.2) is 0 Å². The molecule has 10 nitrogen and oxygen atoms in total. The first-order valence-electron chi connectivity index (χ1n) is 26.4. The van der Waals surface area contributed by atoms with Gasteiger partial charge in [0.25, 0.3) is 0 Å². The molecule has 16 unspecified atom stereocenters. The monoisotopic (exact) mass is 883 g/mol. The maximum absolute atomic E-state index is 14.3. The number of hydrogen-bond acceptors (Lipinski definition) is 8. The van der Waals surface area contributed by atoms with Gasteiger partial charge in [-0.05, 0) is 216 Å². The van der Waals surface area contributed by atoms with E-state index in [0.29, 0.717) is 72.5 Å². The number of nitrogens with zero attached hydrogens (tertiary/aromatic N) is 6. The lowest BCUT2D eigenvalue weighted by Gasteiger charge is -2.57. The Kier molecular flexibility index (Phi) is 10.4. The molecule has 4 aromatic heterocycles. The van der Waals surface area contributed by atoms with E-state index in [0.717, 1.165) is 116 Å². The fourth-order valence-electron chi connectivity index (χ4n) is 18.6. The van der Waals surface area contributed by atoms with Crippen molar-refractivity contribution in [2.45, 2.75) is 173 Å². The van der Waals surface area contributed by atoms with Crippen molar-refractivity contribution in [1.82, 2.24) is 29.5 Å². The first kappa shape index (κ1) is 42.8. The van der Waals surface area contributed by atoms with Crippen LogP contribution in [0.15, 0.2) is 43.0 Å². The topological polar surface area (TPSA) is 136 Å². The number of Topliss-reactive ketones (excluding diaryl/α,β-unsaturated/α-hetero) is 2. The van der Waals surface area contributed by atoms with Crippen LogP contribution in [0.5, 0.6) is 0 Å². The molecule has 348 valence electrons. The van der Waals surface area contributed by atoms with Crippen LogP contribution < -0.4 is 0 Å². The average molecular weight is 883 g/mol. The van der Waals surface area contributed by atoms with Crippen molar-refractivity contribution in [2.24, 2.45) is 81.8 Å². The molecule has 65 heavy (non-hydrogen) atoms. The van der Waals surface area contributed by atoms with E-state index >= 15 is 0 Å². The number of carbonyl (C=O) groups excluding carboxylic acids is 2. The molecule has 0 amide bonds. The number of carbonyl (C=O) groups is 2. The molecule has 12 rings (SSSR count). The van der Waals surface area contributed by atoms with E-state index in [1.807, 2.05) is 33.9 Å². The van der Waals surface area contributed by atoms with E-state index in [2.05, 4.69) is 36.9 Å². The summed E-state index contributed by atoms with van der Waals surface area (Å²) >= 11 is 0.